The Morgan fingerprint density at radius 3 is 2.56 bits per heavy atom. The third kappa shape index (κ3) is 4.85. The zero-order valence-electron chi connectivity index (χ0n) is 17.2. The number of carboxylic acid groups (broad SMARTS) is 1. The van der Waals surface area contributed by atoms with Gasteiger partial charge in [-0.15, -0.1) is 11.3 Å². The van der Waals surface area contributed by atoms with Crippen LogP contribution in [0, 0.1) is 5.92 Å². The second kappa shape index (κ2) is 9.81. The molecule has 0 unspecified atom stereocenters. The maximum Gasteiger partial charge on any atom is 0.304 e. The molecule has 1 aliphatic heterocycles. The van der Waals surface area contributed by atoms with E-state index in [1.54, 1.807) is 6.07 Å². The first-order chi connectivity index (χ1) is 15.4. The van der Waals surface area contributed by atoms with E-state index in [9.17, 15) is 19.8 Å². The summed E-state index contributed by atoms with van der Waals surface area (Å²) in [5.41, 5.74) is 2.28. The van der Waals surface area contributed by atoms with E-state index in [1.807, 2.05) is 53.9 Å². The Kier molecular flexibility index (Phi) is 6.89. The fraction of sp³-hybridized carbons (Fsp3) is 0.292. The van der Waals surface area contributed by atoms with Gasteiger partial charge in [-0.25, -0.2) is 4.98 Å². The highest BCUT2D eigenvalue weighted by Gasteiger charge is 2.38. The van der Waals surface area contributed by atoms with Crippen LogP contribution in [0.5, 0.6) is 0 Å². The minimum Gasteiger partial charge on any atom is -0.481 e. The molecule has 0 spiro atoms. The number of carboxylic acids is 1. The van der Waals surface area contributed by atoms with Crippen molar-refractivity contribution in [2.24, 2.45) is 5.92 Å². The molecular weight excluding hydrogens is 448 g/mol. The summed E-state index contributed by atoms with van der Waals surface area (Å²) in [6, 6.07) is 16.8. The number of β-amino-alcohol motifs (C(OH)–C–C–N with tert-alkyl or cyclic N) is 1. The average molecular weight is 471 g/mol. The normalized spacial score (nSPS) is 21.8. The van der Waals surface area contributed by atoms with Gasteiger partial charge in [0.25, 0.3) is 0 Å². The first-order valence-corrected chi connectivity index (χ1v) is 11.7. The van der Waals surface area contributed by atoms with Gasteiger partial charge in [-0.2, -0.15) is 0 Å². The lowest BCUT2D eigenvalue weighted by Gasteiger charge is -2.34. The Labute approximate surface area is 195 Å². The van der Waals surface area contributed by atoms with E-state index in [0.29, 0.717) is 28.7 Å². The Balaban J connectivity index is 1.71. The summed E-state index contributed by atoms with van der Waals surface area (Å²) >= 11 is 7.58. The molecule has 8 heteroatoms. The number of carbonyl (C=O) groups excluding carboxylic acids is 1. The van der Waals surface area contributed by atoms with Crippen molar-refractivity contribution in [1.82, 2.24) is 4.98 Å². The minimum absolute atomic E-state index is 0.0753. The average Bonchev–Trinajstić information content (AvgIpc) is 3.26. The number of rotatable bonds is 5. The molecule has 166 valence electrons. The standard InChI is InChI=1S/C24H23ClN2O4S/c25-20-9-5-4-8-18(20)21-14-32-24(26-21)27-13-16(28)10-11-17(15-6-2-1-3-7-15)19(23(27)31)12-22(29)30/h1-9,14,16-17,19,28H,10-13H2,(H,29,30)/t16-,17+,19-/m0/s1. The molecule has 3 atom stereocenters. The summed E-state index contributed by atoms with van der Waals surface area (Å²) in [6.07, 6.45) is -0.0231. The molecular formula is C24H23ClN2O4S. The number of aliphatic hydroxyl groups excluding tert-OH is 1. The molecule has 2 N–H and O–H groups in total. The van der Waals surface area contributed by atoms with Gasteiger partial charge >= 0.3 is 5.97 Å². The summed E-state index contributed by atoms with van der Waals surface area (Å²) in [6.45, 7) is 0.0753. The molecule has 1 fully saturated rings. The lowest BCUT2D eigenvalue weighted by Crippen LogP contribution is -2.45. The maximum absolute atomic E-state index is 13.7. The van der Waals surface area contributed by atoms with Crippen molar-refractivity contribution in [3.63, 3.8) is 0 Å². The Morgan fingerprint density at radius 2 is 1.84 bits per heavy atom. The highest BCUT2D eigenvalue weighted by atomic mass is 35.5. The number of nitrogens with zero attached hydrogens (tertiary/aromatic N) is 2. The van der Waals surface area contributed by atoms with Gasteiger partial charge in [-0.05, 0) is 30.4 Å². The summed E-state index contributed by atoms with van der Waals surface area (Å²) in [5.74, 6) is -2.42. The van der Waals surface area contributed by atoms with Crippen molar-refractivity contribution in [2.45, 2.75) is 31.3 Å². The van der Waals surface area contributed by atoms with Crippen LogP contribution in [0.1, 0.15) is 30.7 Å². The predicted octanol–water partition coefficient (Wildman–Crippen LogP) is 4.83. The molecule has 0 aliphatic carbocycles. The number of amides is 1. The zero-order chi connectivity index (χ0) is 22.7. The molecule has 4 rings (SSSR count). The van der Waals surface area contributed by atoms with E-state index in [0.717, 1.165) is 11.1 Å². The molecule has 0 saturated carbocycles. The summed E-state index contributed by atoms with van der Waals surface area (Å²) in [4.78, 5) is 31.4. The number of benzene rings is 2. The van der Waals surface area contributed by atoms with E-state index >= 15 is 0 Å². The van der Waals surface area contributed by atoms with Crippen LogP contribution in [0.4, 0.5) is 5.13 Å². The van der Waals surface area contributed by atoms with Gasteiger partial charge in [0, 0.05) is 16.0 Å². The van der Waals surface area contributed by atoms with Crippen molar-refractivity contribution in [1.29, 1.82) is 0 Å². The quantitative estimate of drug-likeness (QED) is 0.557. The number of aliphatic carboxylic acids is 1. The molecule has 1 saturated heterocycles. The number of halogens is 1. The van der Waals surface area contributed by atoms with Gasteiger partial charge in [0.15, 0.2) is 5.13 Å². The summed E-state index contributed by atoms with van der Waals surface area (Å²) < 4.78 is 0. The van der Waals surface area contributed by atoms with Crippen molar-refractivity contribution < 1.29 is 19.8 Å². The number of aliphatic hydroxyl groups is 1. The Hall–Kier alpha value is -2.74. The Bertz CT molecular complexity index is 1100. The van der Waals surface area contributed by atoms with Crippen LogP contribution in [-0.4, -0.2) is 39.7 Å². The highest BCUT2D eigenvalue weighted by molar-refractivity contribution is 7.14. The van der Waals surface area contributed by atoms with Crippen LogP contribution in [0.3, 0.4) is 0 Å². The zero-order valence-corrected chi connectivity index (χ0v) is 18.8. The van der Waals surface area contributed by atoms with Crippen LogP contribution in [0.25, 0.3) is 11.3 Å². The lowest BCUT2D eigenvalue weighted by molar-refractivity contribution is -0.141. The van der Waals surface area contributed by atoms with Gasteiger partial charge in [0.05, 0.1) is 30.7 Å². The van der Waals surface area contributed by atoms with Crippen LogP contribution < -0.4 is 4.90 Å². The van der Waals surface area contributed by atoms with Gasteiger partial charge in [0.2, 0.25) is 5.91 Å². The van der Waals surface area contributed by atoms with E-state index in [-0.39, 0.29) is 24.8 Å². The van der Waals surface area contributed by atoms with Gasteiger partial charge in [-0.1, -0.05) is 60.1 Å². The predicted molar refractivity (Wildman–Crippen MR) is 125 cm³/mol. The largest absolute Gasteiger partial charge is 0.481 e. The molecule has 1 amide bonds. The first kappa shape index (κ1) is 22.5. The molecule has 32 heavy (non-hydrogen) atoms. The van der Waals surface area contributed by atoms with Gasteiger partial charge in [-0.3, -0.25) is 14.5 Å². The van der Waals surface area contributed by atoms with Crippen molar-refractivity contribution >= 4 is 39.9 Å². The fourth-order valence-electron chi connectivity index (χ4n) is 4.21. The molecule has 6 nitrogen and oxygen atoms in total. The molecule has 2 heterocycles. The number of anilines is 1. The second-order valence-corrected chi connectivity index (χ2v) is 9.14. The summed E-state index contributed by atoms with van der Waals surface area (Å²) in [5, 5.41) is 23.0. The smallest absolute Gasteiger partial charge is 0.304 e. The SMILES string of the molecule is O=C(O)C[C@@H]1C(=O)N(c2nc(-c3ccccc3Cl)cs2)C[C@@H](O)CC[C@@H]1c1ccccc1. The van der Waals surface area contributed by atoms with E-state index in [2.05, 4.69) is 4.98 Å². The van der Waals surface area contributed by atoms with Crippen LogP contribution in [0.15, 0.2) is 60.0 Å². The van der Waals surface area contributed by atoms with Crippen LogP contribution >= 0.6 is 22.9 Å². The monoisotopic (exact) mass is 470 g/mol. The van der Waals surface area contributed by atoms with Crippen LogP contribution in [0.2, 0.25) is 5.02 Å². The number of thiazole rings is 1. The molecule has 1 aliphatic rings. The number of hydrogen-bond donors (Lipinski definition) is 2. The van der Waals surface area contributed by atoms with E-state index in [4.69, 9.17) is 11.6 Å². The fourth-order valence-corrected chi connectivity index (χ4v) is 5.28. The van der Waals surface area contributed by atoms with Crippen LogP contribution in [-0.2, 0) is 9.59 Å². The van der Waals surface area contributed by atoms with Gasteiger partial charge in [0.1, 0.15) is 0 Å². The third-order valence-electron chi connectivity index (χ3n) is 5.77. The lowest BCUT2D eigenvalue weighted by atomic mass is 9.78. The van der Waals surface area contributed by atoms with Crippen molar-refractivity contribution in [3.8, 4) is 11.3 Å². The highest BCUT2D eigenvalue weighted by Crippen LogP contribution is 2.38. The molecule has 1 aromatic heterocycles. The second-order valence-electron chi connectivity index (χ2n) is 7.90. The van der Waals surface area contributed by atoms with E-state index in [1.165, 1.54) is 16.2 Å². The number of aromatic nitrogens is 1. The Morgan fingerprint density at radius 1 is 1.12 bits per heavy atom. The minimum atomic E-state index is -1.03. The van der Waals surface area contributed by atoms with Crippen molar-refractivity contribution in [2.75, 3.05) is 11.4 Å². The first-order valence-electron chi connectivity index (χ1n) is 10.4. The topological polar surface area (TPSA) is 90.7 Å². The van der Waals surface area contributed by atoms with Gasteiger partial charge < -0.3 is 10.2 Å². The van der Waals surface area contributed by atoms with E-state index < -0.39 is 18.0 Å². The molecule has 0 bridgehead atoms. The molecule has 0 radical (unpaired) electrons. The maximum atomic E-state index is 13.7. The molecule has 2 aromatic carbocycles. The number of carbonyl (C=O) groups is 2. The number of hydrogen-bond acceptors (Lipinski definition) is 5. The molecule has 3 aromatic rings. The van der Waals surface area contributed by atoms with Crippen molar-refractivity contribution in [3.05, 3.63) is 70.6 Å². The third-order valence-corrected chi connectivity index (χ3v) is 6.96. The summed E-state index contributed by atoms with van der Waals surface area (Å²) in [7, 11) is 0.